The van der Waals surface area contributed by atoms with Crippen molar-refractivity contribution in [3.63, 3.8) is 0 Å². The summed E-state index contributed by atoms with van der Waals surface area (Å²) in [5.41, 5.74) is -0.443. The van der Waals surface area contributed by atoms with Crippen LogP contribution < -0.4 is 5.32 Å². The zero-order valence-electron chi connectivity index (χ0n) is 12.7. The fourth-order valence-electron chi connectivity index (χ4n) is 3.12. The number of nitrogens with zero attached hydrogens (tertiary/aromatic N) is 1. The molecule has 2 aliphatic rings. The summed E-state index contributed by atoms with van der Waals surface area (Å²) in [6.45, 7) is 0.682. The number of hydrogen-bond acceptors (Lipinski definition) is 5. The van der Waals surface area contributed by atoms with Crippen LogP contribution in [0.4, 0.5) is 0 Å². The van der Waals surface area contributed by atoms with Gasteiger partial charge in [0.05, 0.1) is 23.0 Å². The Morgan fingerprint density at radius 2 is 2.27 bits per heavy atom. The average Bonchev–Trinajstić information content (AvgIpc) is 2.90. The lowest BCUT2D eigenvalue weighted by Gasteiger charge is -2.41. The van der Waals surface area contributed by atoms with Crippen LogP contribution in [0, 0.1) is 5.41 Å². The van der Waals surface area contributed by atoms with Crippen LogP contribution in [0.5, 0.6) is 0 Å². The number of carbonyl (C=O) groups excluding carboxylic acids is 1. The average molecular weight is 344 g/mol. The van der Waals surface area contributed by atoms with E-state index in [1.54, 1.807) is 25.6 Å². The molecular formula is C14H20N2O4S2. The molecule has 0 spiro atoms. The maximum atomic E-state index is 12.7. The molecule has 0 aromatic carbocycles. The van der Waals surface area contributed by atoms with E-state index >= 15 is 0 Å². The van der Waals surface area contributed by atoms with Crippen molar-refractivity contribution in [2.24, 2.45) is 5.41 Å². The maximum Gasteiger partial charge on any atom is 0.244 e. The van der Waals surface area contributed by atoms with Crippen LogP contribution in [-0.4, -0.2) is 45.9 Å². The van der Waals surface area contributed by atoms with Crippen molar-refractivity contribution < 1.29 is 17.9 Å². The highest BCUT2D eigenvalue weighted by Gasteiger charge is 2.46. The number of nitrogens with one attached hydrogen (secondary N) is 1. The largest absolute Gasteiger partial charge is 0.384 e. The maximum absolute atomic E-state index is 12.7. The van der Waals surface area contributed by atoms with Gasteiger partial charge >= 0.3 is 0 Å². The molecule has 2 heterocycles. The molecule has 1 fully saturated rings. The zero-order valence-corrected chi connectivity index (χ0v) is 14.3. The van der Waals surface area contributed by atoms with Gasteiger partial charge in [0.15, 0.2) is 0 Å². The summed E-state index contributed by atoms with van der Waals surface area (Å²) in [7, 11) is -0.268. The molecule has 0 bridgehead atoms. The molecule has 8 heteroatoms. The number of amides is 1. The molecule has 1 saturated carbocycles. The number of carbonyl (C=O) groups is 1. The van der Waals surface area contributed by atoms with Gasteiger partial charge in [-0.2, -0.15) is 4.31 Å². The van der Waals surface area contributed by atoms with Crippen LogP contribution in [0.1, 0.15) is 30.2 Å². The topological polar surface area (TPSA) is 75.7 Å². The Balaban J connectivity index is 1.83. The first-order chi connectivity index (χ1) is 10.4. The second-order valence-electron chi connectivity index (χ2n) is 6.03. The molecular weight excluding hydrogens is 324 g/mol. The Morgan fingerprint density at radius 1 is 1.55 bits per heavy atom. The molecule has 22 heavy (non-hydrogen) atoms. The Bertz CT molecular complexity index is 679. The Hall–Kier alpha value is -0.960. The smallest absolute Gasteiger partial charge is 0.244 e. The van der Waals surface area contributed by atoms with Gasteiger partial charge in [0.2, 0.25) is 15.9 Å². The molecule has 1 atom stereocenters. The molecule has 1 amide bonds. The van der Waals surface area contributed by atoms with Gasteiger partial charge in [-0.15, -0.1) is 11.3 Å². The minimum Gasteiger partial charge on any atom is -0.384 e. The van der Waals surface area contributed by atoms with E-state index in [0.717, 1.165) is 24.1 Å². The standard InChI is InChI=1S/C14H20N2O4S2/c1-16-8-10(12-11(4-7-21-12)22(16,18)19)15-13(17)14(9-20-2)5-3-6-14/h4,7,10H,3,5-6,8-9H2,1-2H3,(H,15,17). The number of fused-ring (bicyclic) bond motifs is 1. The van der Waals surface area contributed by atoms with Gasteiger partial charge in [0, 0.05) is 25.6 Å². The van der Waals surface area contributed by atoms with Crippen LogP contribution >= 0.6 is 11.3 Å². The molecule has 122 valence electrons. The Labute approximate surface area is 134 Å². The molecule has 1 aliphatic heterocycles. The van der Waals surface area contributed by atoms with E-state index in [4.69, 9.17) is 4.74 Å². The number of methoxy groups -OCH3 is 1. The van der Waals surface area contributed by atoms with Crippen molar-refractivity contribution >= 4 is 27.3 Å². The number of thiophene rings is 1. The predicted octanol–water partition coefficient (Wildman–Crippen LogP) is 1.36. The minimum atomic E-state index is -3.42. The van der Waals surface area contributed by atoms with Crippen molar-refractivity contribution in [3.05, 3.63) is 16.3 Å². The highest BCUT2D eigenvalue weighted by atomic mass is 32.2. The zero-order chi connectivity index (χ0) is 16.0. The van der Waals surface area contributed by atoms with Crippen molar-refractivity contribution in [1.29, 1.82) is 0 Å². The highest BCUT2D eigenvalue weighted by Crippen LogP contribution is 2.43. The van der Waals surface area contributed by atoms with Gasteiger partial charge in [-0.25, -0.2) is 8.42 Å². The van der Waals surface area contributed by atoms with Crippen molar-refractivity contribution in [1.82, 2.24) is 9.62 Å². The van der Waals surface area contributed by atoms with E-state index in [9.17, 15) is 13.2 Å². The third-order valence-electron chi connectivity index (χ3n) is 4.62. The van der Waals surface area contributed by atoms with Crippen molar-refractivity contribution in [2.45, 2.75) is 30.2 Å². The lowest BCUT2D eigenvalue weighted by Crippen LogP contribution is -2.52. The summed E-state index contributed by atoms with van der Waals surface area (Å²) in [6, 6.07) is 1.32. The van der Waals surface area contributed by atoms with Crippen LogP contribution in [0.15, 0.2) is 16.3 Å². The SMILES string of the molecule is COCC1(C(=O)NC2CN(C)S(=O)(=O)c3ccsc32)CCC1. The predicted molar refractivity (Wildman–Crippen MR) is 83.2 cm³/mol. The lowest BCUT2D eigenvalue weighted by atomic mass is 9.68. The van der Waals surface area contributed by atoms with E-state index in [-0.39, 0.29) is 18.5 Å². The summed E-state index contributed by atoms with van der Waals surface area (Å²) in [5, 5.41) is 4.80. The Morgan fingerprint density at radius 3 is 2.86 bits per heavy atom. The van der Waals surface area contributed by atoms with Crippen LogP contribution in [0.3, 0.4) is 0 Å². The number of hydrogen-bond donors (Lipinski definition) is 1. The molecule has 1 unspecified atom stereocenters. The fourth-order valence-corrected chi connectivity index (χ4v) is 5.82. The van der Waals surface area contributed by atoms with Crippen molar-refractivity contribution in [3.8, 4) is 0 Å². The first-order valence-electron chi connectivity index (χ1n) is 7.24. The van der Waals surface area contributed by atoms with Gasteiger partial charge in [0.25, 0.3) is 0 Å². The molecule has 0 radical (unpaired) electrons. The third kappa shape index (κ3) is 2.38. The molecule has 3 rings (SSSR count). The highest BCUT2D eigenvalue weighted by molar-refractivity contribution is 7.89. The molecule has 1 aromatic heterocycles. The molecule has 1 aliphatic carbocycles. The van der Waals surface area contributed by atoms with Gasteiger partial charge < -0.3 is 10.1 Å². The molecule has 6 nitrogen and oxygen atoms in total. The van der Waals surface area contributed by atoms with Crippen LogP contribution in [-0.2, 0) is 19.6 Å². The van der Waals surface area contributed by atoms with E-state index in [0.29, 0.717) is 11.5 Å². The van der Waals surface area contributed by atoms with Gasteiger partial charge in [0.1, 0.15) is 0 Å². The number of ether oxygens (including phenoxy) is 1. The van der Waals surface area contributed by atoms with Crippen LogP contribution in [0.2, 0.25) is 0 Å². The number of rotatable bonds is 4. The van der Waals surface area contributed by atoms with E-state index in [1.807, 2.05) is 0 Å². The van der Waals surface area contributed by atoms with Gasteiger partial charge in [-0.1, -0.05) is 6.42 Å². The third-order valence-corrected chi connectivity index (χ3v) is 7.66. The van der Waals surface area contributed by atoms with Crippen molar-refractivity contribution in [2.75, 3.05) is 27.3 Å². The number of sulfonamides is 1. The number of likely N-dealkylation sites (N-methyl/N-ethyl adjacent to an activating group) is 1. The second kappa shape index (κ2) is 5.59. The lowest BCUT2D eigenvalue weighted by molar-refractivity contribution is -0.141. The first kappa shape index (κ1) is 15.9. The summed E-state index contributed by atoms with van der Waals surface area (Å²) < 4.78 is 31.0. The van der Waals surface area contributed by atoms with Crippen LogP contribution in [0.25, 0.3) is 0 Å². The van der Waals surface area contributed by atoms with Gasteiger partial charge in [-0.05, 0) is 24.3 Å². The minimum absolute atomic E-state index is 0.0300. The monoisotopic (exact) mass is 344 g/mol. The first-order valence-corrected chi connectivity index (χ1v) is 9.56. The summed E-state index contributed by atoms with van der Waals surface area (Å²) in [4.78, 5) is 13.7. The molecule has 1 N–H and O–H groups in total. The molecule has 0 saturated heterocycles. The van der Waals surface area contributed by atoms with E-state index < -0.39 is 15.4 Å². The van der Waals surface area contributed by atoms with Gasteiger partial charge in [-0.3, -0.25) is 4.79 Å². The summed E-state index contributed by atoms with van der Waals surface area (Å²) >= 11 is 1.38. The Kier molecular flexibility index (Phi) is 4.05. The second-order valence-corrected chi connectivity index (χ2v) is 8.99. The summed E-state index contributed by atoms with van der Waals surface area (Å²) in [5.74, 6) is -0.0300. The molecule has 1 aromatic rings. The van der Waals surface area contributed by atoms with E-state index in [2.05, 4.69) is 5.32 Å². The fraction of sp³-hybridized carbons (Fsp3) is 0.643. The normalized spacial score (nSPS) is 26.0. The summed E-state index contributed by atoms with van der Waals surface area (Å²) in [6.07, 6.45) is 2.68. The van der Waals surface area contributed by atoms with E-state index in [1.165, 1.54) is 15.6 Å². The quantitative estimate of drug-likeness (QED) is 0.895.